The third-order valence-corrected chi connectivity index (χ3v) is 1.79. The SMILES string of the molecule is [c]1cncc(C2=CNCC2)c1. The first-order valence-electron chi connectivity index (χ1n) is 3.71. The summed E-state index contributed by atoms with van der Waals surface area (Å²) in [5.74, 6) is 0. The topological polar surface area (TPSA) is 24.9 Å². The van der Waals surface area contributed by atoms with E-state index in [1.54, 1.807) is 6.20 Å². The smallest absolute Gasteiger partial charge is 0.0347 e. The molecule has 2 heterocycles. The molecule has 1 aromatic heterocycles. The van der Waals surface area contributed by atoms with E-state index in [0.717, 1.165) is 13.0 Å². The number of hydrogen-bond acceptors (Lipinski definition) is 2. The van der Waals surface area contributed by atoms with Gasteiger partial charge in [0.25, 0.3) is 0 Å². The van der Waals surface area contributed by atoms with Crippen LogP contribution in [-0.2, 0) is 0 Å². The van der Waals surface area contributed by atoms with E-state index in [1.165, 1.54) is 11.1 Å². The quantitative estimate of drug-likeness (QED) is 0.642. The van der Waals surface area contributed by atoms with Crippen molar-refractivity contribution >= 4 is 5.57 Å². The molecule has 0 spiro atoms. The minimum Gasteiger partial charge on any atom is -0.390 e. The second kappa shape index (κ2) is 2.74. The van der Waals surface area contributed by atoms with Crippen molar-refractivity contribution in [2.45, 2.75) is 6.42 Å². The minimum absolute atomic E-state index is 1.05. The molecule has 0 saturated carbocycles. The highest BCUT2D eigenvalue weighted by Crippen LogP contribution is 2.18. The molecule has 0 aliphatic carbocycles. The maximum Gasteiger partial charge on any atom is 0.0347 e. The van der Waals surface area contributed by atoms with E-state index in [2.05, 4.69) is 16.4 Å². The van der Waals surface area contributed by atoms with E-state index >= 15 is 0 Å². The standard InChI is InChI=1S/C9H9N2/c1-2-8(6-10-4-1)9-3-5-11-7-9/h2,4,6-7,11H,3,5H2. The molecule has 0 unspecified atom stereocenters. The van der Waals surface area contributed by atoms with Gasteiger partial charge in [-0.25, -0.2) is 0 Å². The van der Waals surface area contributed by atoms with Gasteiger partial charge in [0.2, 0.25) is 0 Å². The van der Waals surface area contributed by atoms with Gasteiger partial charge in [-0.2, -0.15) is 0 Å². The van der Waals surface area contributed by atoms with Gasteiger partial charge in [0.15, 0.2) is 0 Å². The normalized spacial score (nSPS) is 15.8. The van der Waals surface area contributed by atoms with Crippen molar-refractivity contribution in [1.29, 1.82) is 0 Å². The largest absolute Gasteiger partial charge is 0.390 e. The maximum absolute atomic E-state index is 4.01. The van der Waals surface area contributed by atoms with Crippen LogP contribution in [0.25, 0.3) is 5.57 Å². The van der Waals surface area contributed by atoms with E-state index in [4.69, 9.17) is 0 Å². The average molecular weight is 145 g/mol. The Morgan fingerprint density at radius 1 is 1.55 bits per heavy atom. The van der Waals surface area contributed by atoms with Crippen molar-refractivity contribution in [3.05, 3.63) is 36.3 Å². The monoisotopic (exact) mass is 145 g/mol. The van der Waals surface area contributed by atoms with E-state index < -0.39 is 0 Å². The summed E-state index contributed by atoms with van der Waals surface area (Å²) >= 11 is 0. The zero-order valence-corrected chi connectivity index (χ0v) is 6.17. The summed E-state index contributed by atoms with van der Waals surface area (Å²) in [5, 5.41) is 3.17. The molecule has 0 saturated heterocycles. The number of nitrogens with zero attached hydrogens (tertiary/aromatic N) is 1. The fourth-order valence-corrected chi connectivity index (χ4v) is 1.20. The summed E-state index contributed by atoms with van der Waals surface area (Å²) in [6, 6.07) is 4.92. The Balaban J connectivity index is 2.29. The maximum atomic E-state index is 4.01. The fourth-order valence-electron chi connectivity index (χ4n) is 1.20. The van der Waals surface area contributed by atoms with Gasteiger partial charge in [-0.05, 0) is 23.6 Å². The van der Waals surface area contributed by atoms with Gasteiger partial charge in [-0.15, -0.1) is 0 Å². The molecule has 0 bridgehead atoms. The molecular weight excluding hydrogens is 136 g/mol. The van der Waals surface area contributed by atoms with E-state index in [1.807, 2.05) is 18.5 Å². The summed E-state index contributed by atoms with van der Waals surface area (Å²) < 4.78 is 0. The first-order valence-corrected chi connectivity index (χ1v) is 3.71. The first-order chi connectivity index (χ1) is 5.47. The molecule has 1 radical (unpaired) electrons. The Morgan fingerprint density at radius 2 is 2.55 bits per heavy atom. The van der Waals surface area contributed by atoms with Crippen LogP contribution in [-0.4, -0.2) is 11.5 Å². The summed E-state index contributed by atoms with van der Waals surface area (Å²) in [5.41, 5.74) is 2.51. The average Bonchev–Trinajstić information content (AvgIpc) is 2.58. The highest BCUT2D eigenvalue weighted by atomic mass is 14.8. The molecule has 11 heavy (non-hydrogen) atoms. The lowest BCUT2D eigenvalue weighted by Crippen LogP contribution is -1.96. The van der Waals surface area contributed by atoms with Gasteiger partial charge in [0.05, 0.1) is 0 Å². The molecule has 0 atom stereocenters. The second-order valence-corrected chi connectivity index (χ2v) is 2.55. The lowest BCUT2D eigenvalue weighted by Gasteiger charge is -1.96. The molecule has 0 fully saturated rings. The number of hydrogen-bond donors (Lipinski definition) is 1. The van der Waals surface area contributed by atoms with Crippen molar-refractivity contribution in [2.75, 3.05) is 6.54 Å². The van der Waals surface area contributed by atoms with Crippen LogP contribution in [0.4, 0.5) is 0 Å². The summed E-state index contributed by atoms with van der Waals surface area (Å²) in [6.07, 6.45) is 6.69. The van der Waals surface area contributed by atoms with Crippen LogP contribution in [0, 0.1) is 6.07 Å². The Morgan fingerprint density at radius 3 is 3.18 bits per heavy atom. The summed E-state index contributed by atoms with van der Waals surface area (Å²) in [6.45, 7) is 1.05. The number of aromatic nitrogens is 1. The predicted molar refractivity (Wildman–Crippen MR) is 43.7 cm³/mol. The van der Waals surface area contributed by atoms with E-state index in [9.17, 15) is 0 Å². The Kier molecular flexibility index (Phi) is 1.60. The zero-order chi connectivity index (χ0) is 7.52. The Hall–Kier alpha value is -1.31. The molecule has 1 aromatic rings. The van der Waals surface area contributed by atoms with E-state index in [-0.39, 0.29) is 0 Å². The van der Waals surface area contributed by atoms with Gasteiger partial charge in [-0.1, -0.05) is 0 Å². The molecule has 1 aliphatic rings. The van der Waals surface area contributed by atoms with Crippen molar-refractivity contribution in [3.63, 3.8) is 0 Å². The van der Waals surface area contributed by atoms with Crippen LogP contribution in [0.15, 0.2) is 24.7 Å². The number of rotatable bonds is 1. The molecular formula is C9H9N2. The highest BCUT2D eigenvalue weighted by Gasteiger charge is 2.05. The first kappa shape index (κ1) is 6.40. The molecule has 1 N–H and O–H groups in total. The van der Waals surface area contributed by atoms with Crippen LogP contribution in [0.5, 0.6) is 0 Å². The number of nitrogens with one attached hydrogen (secondary N) is 1. The van der Waals surface area contributed by atoms with Crippen LogP contribution in [0.2, 0.25) is 0 Å². The minimum atomic E-state index is 1.05. The van der Waals surface area contributed by atoms with Crippen molar-refractivity contribution in [2.24, 2.45) is 0 Å². The van der Waals surface area contributed by atoms with Crippen LogP contribution < -0.4 is 5.32 Å². The molecule has 0 aromatic carbocycles. The van der Waals surface area contributed by atoms with Gasteiger partial charge in [-0.3, -0.25) is 4.98 Å². The predicted octanol–water partition coefficient (Wildman–Crippen LogP) is 1.22. The zero-order valence-electron chi connectivity index (χ0n) is 6.17. The van der Waals surface area contributed by atoms with Gasteiger partial charge in [0, 0.05) is 31.2 Å². The third kappa shape index (κ3) is 1.24. The Bertz CT molecular complexity index is 264. The Labute approximate surface area is 66.0 Å². The molecule has 2 heteroatoms. The molecule has 0 amide bonds. The van der Waals surface area contributed by atoms with Crippen LogP contribution >= 0.6 is 0 Å². The van der Waals surface area contributed by atoms with Crippen LogP contribution in [0.3, 0.4) is 0 Å². The fraction of sp³-hybridized carbons (Fsp3) is 0.222. The summed E-state index contributed by atoms with van der Waals surface area (Å²) in [4.78, 5) is 4.01. The lowest BCUT2D eigenvalue weighted by atomic mass is 10.1. The lowest BCUT2D eigenvalue weighted by molar-refractivity contribution is 0.919. The molecule has 55 valence electrons. The second-order valence-electron chi connectivity index (χ2n) is 2.55. The number of pyridine rings is 1. The van der Waals surface area contributed by atoms with Crippen molar-refractivity contribution in [1.82, 2.24) is 10.3 Å². The van der Waals surface area contributed by atoms with Gasteiger partial charge in [0.1, 0.15) is 0 Å². The van der Waals surface area contributed by atoms with E-state index in [0.29, 0.717) is 0 Å². The molecule has 2 nitrogen and oxygen atoms in total. The van der Waals surface area contributed by atoms with Crippen molar-refractivity contribution < 1.29 is 0 Å². The van der Waals surface area contributed by atoms with Crippen molar-refractivity contribution in [3.8, 4) is 0 Å². The highest BCUT2D eigenvalue weighted by molar-refractivity contribution is 5.65. The van der Waals surface area contributed by atoms with Gasteiger partial charge < -0.3 is 5.32 Å². The van der Waals surface area contributed by atoms with Gasteiger partial charge >= 0.3 is 0 Å². The van der Waals surface area contributed by atoms with Crippen LogP contribution in [0.1, 0.15) is 12.0 Å². The molecule has 1 aliphatic heterocycles. The summed E-state index contributed by atoms with van der Waals surface area (Å²) in [7, 11) is 0. The third-order valence-electron chi connectivity index (χ3n) is 1.79. The molecule has 2 rings (SSSR count).